The van der Waals surface area contributed by atoms with Crippen LogP contribution >= 0.6 is 0 Å². The lowest BCUT2D eigenvalue weighted by Gasteiger charge is -2.13. The molecule has 0 aromatic heterocycles. The average Bonchev–Trinajstić information content (AvgIpc) is 2.72. The predicted octanol–water partition coefficient (Wildman–Crippen LogP) is 1.04. The molecule has 0 amide bonds. The quantitative estimate of drug-likeness (QED) is 0.771. The van der Waals surface area contributed by atoms with Crippen LogP contribution in [-0.2, 0) is 6.42 Å². The van der Waals surface area contributed by atoms with Crippen LogP contribution in [0, 0.1) is 0 Å². The average molecular weight is 189 g/mol. The van der Waals surface area contributed by atoms with Crippen molar-refractivity contribution in [3.05, 3.63) is 29.8 Å². The summed E-state index contributed by atoms with van der Waals surface area (Å²) in [5.41, 5.74) is 8.00. The Morgan fingerprint density at radius 1 is 1.29 bits per heavy atom. The van der Waals surface area contributed by atoms with Gasteiger partial charge in [0.05, 0.1) is 12.9 Å². The summed E-state index contributed by atoms with van der Waals surface area (Å²) < 4.78 is 0. The highest BCUT2D eigenvalue weighted by molar-refractivity contribution is 5.80. The lowest BCUT2D eigenvalue weighted by atomic mass is 10.1. The van der Waals surface area contributed by atoms with E-state index in [0.717, 1.165) is 19.5 Å². The standard InChI is InChI=1S/C11H15N3/c12-6-5-10-1-3-11(4-2-10)14-8-7-13-9-14/h1-4,9H,5-8,12H2. The van der Waals surface area contributed by atoms with E-state index >= 15 is 0 Å². The van der Waals surface area contributed by atoms with Crippen LogP contribution in [-0.4, -0.2) is 26.0 Å². The number of hydrogen-bond acceptors (Lipinski definition) is 3. The van der Waals surface area contributed by atoms with Crippen LogP contribution in [0.1, 0.15) is 5.56 Å². The first kappa shape index (κ1) is 9.21. The van der Waals surface area contributed by atoms with Crippen LogP contribution in [0.15, 0.2) is 29.3 Å². The molecular formula is C11H15N3. The molecule has 0 fully saturated rings. The molecule has 0 bridgehead atoms. The lowest BCUT2D eigenvalue weighted by molar-refractivity contribution is 0.966. The zero-order valence-electron chi connectivity index (χ0n) is 8.19. The maximum atomic E-state index is 5.49. The Labute approximate surface area is 84.2 Å². The van der Waals surface area contributed by atoms with Crippen molar-refractivity contribution in [2.75, 3.05) is 24.5 Å². The summed E-state index contributed by atoms with van der Waals surface area (Å²) in [4.78, 5) is 6.34. The van der Waals surface area contributed by atoms with E-state index < -0.39 is 0 Å². The van der Waals surface area contributed by atoms with Crippen molar-refractivity contribution in [1.82, 2.24) is 0 Å². The van der Waals surface area contributed by atoms with Gasteiger partial charge in [0.2, 0.25) is 0 Å². The van der Waals surface area contributed by atoms with Crippen LogP contribution in [0.5, 0.6) is 0 Å². The first-order valence-corrected chi connectivity index (χ1v) is 4.96. The van der Waals surface area contributed by atoms with Crippen molar-refractivity contribution >= 4 is 12.0 Å². The van der Waals surface area contributed by atoms with Crippen LogP contribution in [0.25, 0.3) is 0 Å². The van der Waals surface area contributed by atoms with E-state index in [4.69, 9.17) is 5.73 Å². The minimum Gasteiger partial charge on any atom is -0.331 e. The number of benzene rings is 1. The molecule has 2 rings (SSSR count). The number of nitrogens with zero attached hydrogens (tertiary/aromatic N) is 2. The molecule has 0 aliphatic carbocycles. The minimum atomic E-state index is 0.713. The molecule has 1 aliphatic heterocycles. The summed E-state index contributed by atoms with van der Waals surface area (Å²) in [7, 11) is 0. The van der Waals surface area contributed by atoms with Crippen LogP contribution in [0.3, 0.4) is 0 Å². The molecule has 14 heavy (non-hydrogen) atoms. The van der Waals surface area contributed by atoms with Gasteiger partial charge in [-0.15, -0.1) is 0 Å². The van der Waals surface area contributed by atoms with Crippen molar-refractivity contribution < 1.29 is 0 Å². The van der Waals surface area contributed by atoms with Gasteiger partial charge in [0.25, 0.3) is 0 Å². The van der Waals surface area contributed by atoms with E-state index in [0.29, 0.717) is 6.54 Å². The maximum Gasteiger partial charge on any atom is 0.0895 e. The highest BCUT2D eigenvalue weighted by Crippen LogP contribution is 2.15. The third-order valence-electron chi connectivity index (χ3n) is 2.39. The summed E-state index contributed by atoms with van der Waals surface area (Å²) in [6, 6.07) is 8.52. The predicted molar refractivity (Wildman–Crippen MR) is 59.9 cm³/mol. The Kier molecular flexibility index (Phi) is 2.79. The van der Waals surface area contributed by atoms with Gasteiger partial charge in [0.15, 0.2) is 0 Å². The van der Waals surface area contributed by atoms with Crippen molar-refractivity contribution in [2.24, 2.45) is 10.7 Å². The largest absolute Gasteiger partial charge is 0.331 e. The van der Waals surface area contributed by atoms with Gasteiger partial charge in [-0.3, -0.25) is 4.99 Å². The van der Waals surface area contributed by atoms with Gasteiger partial charge in [-0.1, -0.05) is 12.1 Å². The summed E-state index contributed by atoms with van der Waals surface area (Å²) in [5, 5.41) is 0. The molecule has 2 N–H and O–H groups in total. The molecule has 0 spiro atoms. The molecule has 1 aliphatic rings. The Balaban J connectivity index is 2.09. The van der Waals surface area contributed by atoms with Gasteiger partial charge in [0, 0.05) is 12.2 Å². The third kappa shape index (κ3) is 1.93. The number of rotatable bonds is 3. The number of nitrogens with two attached hydrogens (primary N) is 1. The van der Waals surface area contributed by atoms with Gasteiger partial charge < -0.3 is 10.6 Å². The molecule has 1 heterocycles. The van der Waals surface area contributed by atoms with Gasteiger partial charge in [-0.05, 0) is 30.7 Å². The monoisotopic (exact) mass is 189 g/mol. The van der Waals surface area contributed by atoms with Gasteiger partial charge >= 0.3 is 0 Å². The lowest BCUT2D eigenvalue weighted by Crippen LogP contribution is -2.17. The first-order valence-electron chi connectivity index (χ1n) is 4.96. The molecule has 0 saturated carbocycles. The van der Waals surface area contributed by atoms with Crippen LogP contribution in [0.4, 0.5) is 5.69 Å². The highest BCUT2D eigenvalue weighted by atomic mass is 15.2. The van der Waals surface area contributed by atoms with Gasteiger partial charge in [-0.2, -0.15) is 0 Å². The van der Waals surface area contributed by atoms with Gasteiger partial charge in [-0.25, -0.2) is 0 Å². The second-order valence-electron chi connectivity index (χ2n) is 3.42. The van der Waals surface area contributed by atoms with E-state index in [1.54, 1.807) is 0 Å². The molecule has 3 heteroatoms. The van der Waals surface area contributed by atoms with E-state index in [9.17, 15) is 0 Å². The SMILES string of the molecule is NCCc1ccc(N2C=NCC2)cc1. The molecule has 74 valence electrons. The molecular weight excluding hydrogens is 174 g/mol. The zero-order valence-corrected chi connectivity index (χ0v) is 8.19. The fraction of sp³-hybridized carbons (Fsp3) is 0.364. The zero-order chi connectivity index (χ0) is 9.80. The first-order chi connectivity index (χ1) is 6.90. The Morgan fingerprint density at radius 2 is 2.07 bits per heavy atom. The second-order valence-corrected chi connectivity index (χ2v) is 3.42. The van der Waals surface area contributed by atoms with Crippen molar-refractivity contribution in [3.8, 4) is 0 Å². The fourth-order valence-electron chi connectivity index (χ4n) is 1.60. The molecule has 3 nitrogen and oxygen atoms in total. The maximum absolute atomic E-state index is 5.49. The van der Waals surface area contributed by atoms with Crippen molar-refractivity contribution in [2.45, 2.75) is 6.42 Å². The molecule has 0 unspecified atom stereocenters. The Morgan fingerprint density at radius 3 is 2.64 bits per heavy atom. The molecule has 0 atom stereocenters. The van der Waals surface area contributed by atoms with Crippen LogP contribution in [0.2, 0.25) is 0 Å². The van der Waals surface area contributed by atoms with E-state index in [1.807, 2.05) is 6.34 Å². The molecule has 1 aromatic carbocycles. The summed E-state index contributed by atoms with van der Waals surface area (Å²) >= 11 is 0. The summed E-state index contributed by atoms with van der Waals surface area (Å²) in [6.45, 7) is 2.62. The minimum absolute atomic E-state index is 0.713. The van der Waals surface area contributed by atoms with Crippen LogP contribution < -0.4 is 10.6 Å². The topological polar surface area (TPSA) is 41.6 Å². The molecule has 1 aromatic rings. The third-order valence-corrected chi connectivity index (χ3v) is 2.39. The highest BCUT2D eigenvalue weighted by Gasteiger charge is 2.06. The van der Waals surface area contributed by atoms with E-state index in [-0.39, 0.29) is 0 Å². The number of aliphatic imine (C=N–C) groups is 1. The van der Waals surface area contributed by atoms with Crippen molar-refractivity contribution in [1.29, 1.82) is 0 Å². The van der Waals surface area contributed by atoms with Gasteiger partial charge in [0.1, 0.15) is 0 Å². The Bertz CT molecular complexity index is 316. The summed E-state index contributed by atoms with van der Waals surface area (Å²) in [5.74, 6) is 0. The second kappa shape index (κ2) is 4.24. The fourth-order valence-corrected chi connectivity index (χ4v) is 1.60. The molecule has 0 saturated heterocycles. The summed E-state index contributed by atoms with van der Waals surface area (Å²) in [6.07, 6.45) is 2.85. The number of anilines is 1. The van der Waals surface area contributed by atoms with E-state index in [2.05, 4.69) is 34.2 Å². The van der Waals surface area contributed by atoms with E-state index in [1.165, 1.54) is 11.3 Å². The normalized spacial score (nSPS) is 15.1. The smallest absolute Gasteiger partial charge is 0.0895 e. The van der Waals surface area contributed by atoms with Crippen molar-refractivity contribution in [3.63, 3.8) is 0 Å². The Hall–Kier alpha value is -1.35. The number of hydrogen-bond donors (Lipinski definition) is 1. The molecule has 0 radical (unpaired) electrons.